The molecule has 2 heterocycles. The number of likely N-dealkylation sites (tertiary alicyclic amines) is 1. The number of nitrogens with one attached hydrogen (secondary N) is 2. The van der Waals surface area contributed by atoms with Gasteiger partial charge in [-0.2, -0.15) is 0 Å². The van der Waals surface area contributed by atoms with Gasteiger partial charge in [0, 0.05) is 21.4 Å². The van der Waals surface area contributed by atoms with Crippen LogP contribution in [0, 0.1) is 16.4 Å². The first kappa shape index (κ1) is 19.8. The highest BCUT2D eigenvalue weighted by atomic mass is 127. The maximum absolute atomic E-state index is 12.4. The minimum atomic E-state index is -0.0373. The summed E-state index contributed by atoms with van der Waals surface area (Å²) < 4.78 is 1.15. The lowest BCUT2D eigenvalue weighted by Crippen LogP contribution is -2.41. The summed E-state index contributed by atoms with van der Waals surface area (Å²) in [6.45, 7) is 3.81. The summed E-state index contributed by atoms with van der Waals surface area (Å²) in [6, 6.07) is 11.4. The highest BCUT2D eigenvalue weighted by Gasteiger charge is 2.26. The molecule has 1 aromatic heterocycles. The van der Waals surface area contributed by atoms with Crippen molar-refractivity contribution in [2.75, 3.05) is 30.3 Å². The van der Waals surface area contributed by atoms with E-state index in [9.17, 15) is 9.59 Å². The van der Waals surface area contributed by atoms with Crippen LogP contribution in [0.25, 0.3) is 0 Å². The van der Waals surface area contributed by atoms with Gasteiger partial charge in [-0.3, -0.25) is 14.5 Å². The first-order valence-electron chi connectivity index (χ1n) is 9.01. The Morgan fingerprint density at radius 3 is 2.63 bits per heavy atom. The first-order chi connectivity index (χ1) is 13.0. The molecule has 0 aliphatic carbocycles. The van der Waals surface area contributed by atoms with E-state index in [-0.39, 0.29) is 17.7 Å². The van der Waals surface area contributed by atoms with E-state index in [1.54, 1.807) is 12.3 Å². The number of carbonyl (C=O) groups is 2. The summed E-state index contributed by atoms with van der Waals surface area (Å²) >= 11 is 2.26. The van der Waals surface area contributed by atoms with E-state index in [1.165, 1.54) is 0 Å². The molecule has 1 aromatic carbocycles. The van der Waals surface area contributed by atoms with Gasteiger partial charge in [0.05, 0.1) is 6.54 Å². The number of hydrogen-bond acceptors (Lipinski definition) is 4. The van der Waals surface area contributed by atoms with Crippen LogP contribution in [0.2, 0.25) is 0 Å². The van der Waals surface area contributed by atoms with Gasteiger partial charge < -0.3 is 10.6 Å². The highest BCUT2D eigenvalue weighted by Crippen LogP contribution is 2.20. The van der Waals surface area contributed by atoms with E-state index in [4.69, 9.17) is 0 Å². The second kappa shape index (κ2) is 9.27. The lowest BCUT2D eigenvalue weighted by atomic mass is 9.96. The summed E-state index contributed by atoms with van der Waals surface area (Å²) in [5.74, 6) is 0.532. The Balaban J connectivity index is 1.45. The van der Waals surface area contributed by atoms with Gasteiger partial charge >= 0.3 is 0 Å². The third kappa shape index (κ3) is 5.74. The third-order valence-electron chi connectivity index (χ3n) is 4.70. The second-order valence-corrected chi connectivity index (χ2v) is 8.01. The van der Waals surface area contributed by atoms with E-state index in [0.29, 0.717) is 12.4 Å². The Kier molecular flexibility index (Phi) is 6.78. The number of benzene rings is 1. The molecule has 1 aliphatic rings. The van der Waals surface area contributed by atoms with Gasteiger partial charge in [0.15, 0.2) is 0 Å². The zero-order valence-electron chi connectivity index (χ0n) is 15.2. The van der Waals surface area contributed by atoms with Crippen LogP contribution in [-0.2, 0) is 9.59 Å². The maximum Gasteiger partial charge on any atom is 0.238 e. The fourth-order valence-corrected chi connectivity index (χ4v) is 3.83. The lowest BCUT2D eigenvalue weighted by molar-refractivity contribution is -0.121. The van der Waals surface area contributed by atoms with Crippen LogP contribution in [0.1, 0.15) is 18.4 Å². The molecule has 2 amide bonds. The predicted octanol–water partition coefficient (Wildman–Crippen LogP) is 3.28. The molecule has 0 atom stereocenters. The number of amides is 2. The van der Waals surface area contributed by atoms with Crippen molar-refractivity contribution in [3.8, 4) is 0 Å². The summed E-state index contributed by atoms with van der Waals surface area (Å²) in [7, 11) is 0. The van der Waals surface area contributed by atoms with Crippen molar-refractivity contribution in [3.05, 3.63) is 51.7 Å². The maximum atomic E-state index is 12.4. The molecule has 0 unspecified atom stereocenters. The molecule has 0 saturated carbocycles. The molecule has 1 saturated heterocycles. The Bertz CT molecular complexity index is 805. The third-order valence-corrected chi connectivity index (χ3v) is 5.38. The van der Waals surface area contributed by atoms with Crippen LogP contribution >= 0.6 is 22.6 Å². The second-order valence-electron chi connectivity index (χ2n) is 6.76. The standard InChI is InChI=1S/C20H23IN4O2/c1-14-12-16(21)5-6-17(14)23-19(26)13-25-10-7-15(8-11-25)20(27)24-18-4-2-3-9-22-18/h2-6,9,12,15H,7-8,10-11,13H2,1H3,(H,23,26)(H,22,24,27). The largest absolute Gasteiger partial charge is 0.325 e. The van der Waals surface area contributed by atoms with Gasteiger partial charge in [-0.05, 0) is 91.3 Å². The number of aromatic nitrogens is 1. The average molecular weight is 478 g/mol. The fraction of sp³-hybridized carbons (Fsp3) is 0.350. The van der Waals surface area contributed by atoms with Crippen LogP contribution in [0.4, 0.5) is 11.5 Å². The molecular formula is C20H23IN4O2. The number of carbonyl (C=O) groups excluding carboxylic acids is 2. The molecule has 0 radical (unpaired) electrons. The monoisotopic (exact) mass is 478 g/mol. The molecule has 3 rings (SSSR count). The molecule has 0 spiro atoms. The van der Waals surface area contributed by atoms with Gasteiger partial charge in [0.1, 0.15) is 5.82 Å². The van der Waals surface area contributed by atoms with E-state index < -0.39 is 0 Å². The Labute approximate surface area is 172 Å². The van der Waals surface area contributed by atoms with E-state index in [1.807, 2.05) is 37.3 Å². The normalized spacial score (nSPS) is 15.3. The van der Waals surface area contributed by atoms with Crippen LogP contribution in [0.15, 0.2) is 42.6 Å². The van der Waals surface area contributed by atoms with Crippen LogP contribution in [0.5, 0.6) is 0 Å². The Hall–Kier alpha value is -2.00. The molecule has 2 N–H and O–H groups in total. The number of piperidine rings is 1. The Morgan fingerprint density at radius 2 is 1.96 bits per heavy atom. The SMILES string of the molecule is Cc1cc(I)ccc1NC(=O)CN1CCC(C(=O)Nc2ccccn2)CC1. The lowest BCUT2D eigenvalue weighted by Gasteiger charge is -2.30. The van der Waals surface area contributed by atoms with Crippen molar-refractivity contribution in [1.82, 2.24) is 9.88 Å². The number of anilines is 2. The van der Waals surface area contributed by atoms with Crippen LogP contribution < -0.4 is 10.6 Å². The van der Waals surface area contributed by atoms with Crippen molar-refractivity contribution in [2.45, 2.75) is 19.8 Å². The minimum absolute atomic E-state index is 0.00677. The van der Waals surface area contributed by atoms with Crippen molar-refractivity contribution < 1.29 is 9.59 Å². The van der Waals surface area contributed by atoms with Crippen molar-refractivity contribution >= 4 is 45.9 Å². The summed E-state index contributed by atoms with van der Waals surface area (Å²) in [6.07, 6.45) is 3.15. The number of pyridine rings is 1. The number of hydrogen-bond donors (Lipinski definition) is 2. The zero-order valence-corrected chi connectivity index (χ0v) is 17.4. The van der Waals surface area contributed by atoms with Gasteiger partial charge in [-0.25, -0.2) is 4.98 Å². The van der Waals surface area contributed by atoms with Gasteiger partial charge in [-0.15, -0.1) is 0 Å². The molecule has 7 heteroatoms. The molecule has 142 valence electrons. The number of aryl methyl sites for hydroxylation is 1. The van der Waals surface area contributed by atoms with E-state index in [0.717, 1.165) is 40.8 Å². The van der Waals surface area contributed by atoms with Crippen LogP contribution in [-0.4, -0.2) is 41.3 Å². The molecule has 27 heavy (non-hydrogen) atoms. The molecule has 0 bridgehead atoms. The van der Waals surface area contributed by atoms with E-state index in [2.05, 4.69) is 43.1 Å². The van der Waals surface area contributed by atoms with Crippen molar-refractivity contribution in [1.29, 1.82) is 0 Å². The number of nitrogens with zero attached hydrogens (tertiary/aromatic N) is 2. The minimum Gasteiger partial charge on any atom is -0.325 e. The smallest absolute Gasteiger partial charge is 0.238 e. The van der Waals surface area contributed by atoms with Crippen LogP contribution in [0.3, 0.4) is 0 Å². The topological polar surface area (TPSA) is 74.3 Å². The predicted molar refractivity (Wildman–Crippen MR) is 115 cm³/mol. The Morgan fingerprint density at radius 1 is 1.19 bits per heavy atom. The van der Waals surface area contributed by atoms with E-state index >= 15 is 0 Å². The zero-order chi connectivity index (χ0) is 19.2. The van der Waals surface area contributed by atoms with Crippen molar-refractivity contribution in [2.24, 2.45) is 5.92 Å². The van der Waals surface area contributed by atoms with Gasteiger partial charge in [0.2, 0.25) is 11.8 Å². The number of rotatable bonds is 5. The molecule has 1 aliphatic heterocycles. The fourth-order valence-electron chi connectivity index (χ4n) is 3.18. The summed E-state index contributed by atoms with van der Waals surface area (Å²) in [5.41, 5.74) is 1.91. The molecule has 1 fully saturated rings. The molecular weight excluding hydrogens is 455 g/mol. The van der Waals surface area contributed by atoms with Gasteiger partial charge in [0.25, 0.3) is 0 Å². The molecule has 2 aromatic rings. The average Bonchev–Trinajstić information content (AvgIpc) is 2.65. The molecule has 6 nitrogen and oxygen atoms in total. The quantitative estimate of drug-likeness (QED) is 0.648. The summed E-state index contributed by atoms with van der Waals surface area (Å²) in [5, 5.41) is 5.84. The number of halogens is 1. The highest BCUT2D eigenvalue weighted by molar-refractivity contribution is 14.1. The van der Waals surface area contributed by atoms with Gasteiger partial charge in [-0.1, -0.05) is 6.07 Å². The first-order valence-corrected chi connectivity index (χ1v) is 10.1. The van der Waals surface area contributed by atoms with Crippen molar-refractivity contribution in [3.63, 3.8) is 0 Å². The summed E-state index contributed by atoms with van der Waals surface area (Å²) in [4.78, 5) is 30.9.